The number of oxime groups is 1. The van der Waals surface area contributed by atoms with Gasteiger partial charge in [-0.1, -0.05) is 12.1 Å². The van der Waals surface area contributed by atoms with Crippen molar-refractivity contribution in [3.8, 4) is 0 Å². The van der Waals surface area contributed by atoms with Gasteiger partial charge in [-0.3, -0.25) is 0 Å². The fourth-order valence-electron chi connectivity index (χ4n) is 1.58. The Morgan fingerprint density at radius 2 is 2.25 bits per heavy atom. The Labute approximate surface area is 101 Å². The maximum atomic E-state index is 8.49. The van der Waals surface area contributed by atoms with Crippen LogP contribution in [0.3, 0.4) is 0 Å². The second-order valence-corrected chi connectivity index (χ2v) is 5.31. The lowest BCUT2D eigenvalue weighted by atomic mass is 10.1. The highest BCUT2D eigenvalue weighted by molar-refractivity contribution is 7.99. The van der Waals surface area contributed by atoms with Crippen molar-refractivity contribution in [1.82, 2.24) is 10.2 Å². The van der Waals surface area contributed by atoms with Gasteiger partial charge in [0.15, 0.2) is 0 Å². The predicted octanol–water partition coefficient (Wildman–Crippen LogP) is 0.00730. The number of thioether (sulfide) groups is 1. The topological polar surface area (TPSA) is 73.9 Å². The Bertz CT molecular complexity index is 219. The van der Waals surface area contributed by atoms with Gasteiger partial charge in [0.05, 0.1) is 0 Å². The van der Waals surface area contributed by atoms with Crippen LogP contribution in [0.1, 0.15) is 6.92 Å². The summed E-state index contributed by atoms with van der Waals surface area (Å²) in [6.07, 6.45) is 0. The summed E-state index contributed by atoms with van der Waals surface area (Å²) in [6.45, 7) is 7.15. The van der Waals surface area contributed by atoms with Gasteiger partial charge in [0.1, 0.15) is 5.84 Å². The fourth-order valence-corrected chi connectivity index (χ4v) is 2.56. The highest BCUT2D eigenvalue weighted by atomic mass is 32.2. The van der Waals surface area contributed by atoms with Crippen molar-refractivity contribution >= 4 is 17.6 Å². The maximum absolute atomic E-state index is 8.49. The Hall–Kier alpha value is -0.460. The first-order valence-corrected chi connectivity index (χ1v) is 6.87. The number of hydrogen-bond donors (Lipinski definition) is 3. The number of rotatable bonds is 6. The van der Waals surface area contributed by atoms with E-state index in [9.17, 15) is 0 Å². The monoisotopic (exact) mass is 246 g/mol. The summed E-state index contributed by atoms with van der Waals surface area (Å²) in [5.41, 5.74) is 5.49. The summed E-state index contributed by atoms with van der Waals surface area (Å²) in [6, 6.07) is 0. The number of hydrogen-bond acceptors (Lipinski definition) is 5. The van der Waals surface area contributed by atoms with Gasteiger partial charge in [-0.15, -0.1) is 0 Å². The van der Waals surface area contributed by atoms with Crippen LogP contribution in [0.5, 0.6) is 0 Å². The molecule has 0 aromatic heterocycles. The number of nitrogens with two attached hydrogens (primary N) is 1. The molecule has 1 fully saturated rings. The van der Waals surface area contributed by atoms with E-state index in [0.29, 0.717) is 5.84 Å². The third-order valence-electron chi connectivity index (χ3n) is 2.78. The van der Waals surface area contributed by atoms with Crippen LogP contribution in [0, 0.1) is 5.92 Å². The van der Waals surface area contributed by atoms with Crippen LogP contribution in [0.4, 0.5) is 0 Å². The van der Waals surface area contributed by atoms with E-state index in [2.05, 4.69) is 15.4 Å². The third-order valence-corrected chi connectivity index (χ3v) is 3.72. The minimum Gasteiger partial charge on any atom is -0.409 e. The van der Waals surface area contributed by atoms with Crippen molar-refractivity contribution in [2.45, 2.75) is 6.92 Å². The molecular formula is C10H22N4OS. The molecule has 0 bridgehead atoms. The molecule has 94 valence electrons. The van der Waals surface area contributed by atoms with Crippen molar-refractivity contribution in [3.63, 3.8) is 0 Å². The van der Waals surface area contributed by atoms with Crippen molar-refractivity contribution < 1.29 is 5.21 Å². The van der Waals surface area contributed by atoms with Crippen molar-refractivity contribution in [3.05, 3.63) is 0 Å². The van der Waals surface area contributed by atoms with E-state index in [4.69, 9.17) is 10.9 Å². The maximum Gasteiger partial charge on any atom is 0.143 e. The molecule has 5 nitrogen and oxygen atoms in total. The summed E-state index contributed by atoms with van der Waals surface area (Å²) < 4.78 is 0. The summed E-state index contributed by atoms with van der Waals surface area (Å²) in [4.78, 5) is 2.47. The van der Waals surface area contributed by atoms with E-state index >= 15 is 0 Å². The van der Waals surface area contributed by atoms with E-state index in [1.807, 2.05) is 18.7 Å². The van der Waals surface area contributed by atoms with Gasteiger partial charge in [-0.2, -0.15) is 11.8 Å². The first-order valence-electron chi connectivity index (χ1n) is 5.72. The van der Waals surface area contributed by atoms with Crippen LogP contribution >= 0.6 is 11.8 Å². The van der Waals surface area contributed by atoms with E-state index in [1.165, 1.54) is 24.6 Å². The number of nitrogens with zero attached hydrogens (tertiary/aromatic N) is 2. The molecule has 16 heavy (non-hydrogen) atoms. The Morgan fingerprint density at radius 1 is 1.56 bits per heavy atom. The van der Waals surface area contributed by atoms with Gasteiger partial charge in [-0.05, 0) is 0 Å². The minimum absolute atomic E-state index is 0.0851. The Balaban J connectivity index is 2.02. The minimum atomic E-state index is 0.0851. The molecule has 0 amide bonds. The zero-order valence-electron chi connectivity index (χ0n) is 9.85. The zero-order chi connectivity index (χ0) is 11.8. The summed E-state index contributed by atoms with van der Waals surface area (Å²) in [5.74, 6) is 2.88. The molecule has 0 aromatic rings. The van der Waals surface area contributed by atoms with Gasteiger partial charge in [0, 0.05) is 50.1 Å². The first-order chi connectivity index (χ1) is 7.74. The molecule has 0 spiro atoms. The molecule has 1 atom stereocenters. The van der Waals surface area contributed by atoms with Crippen molar-refractivity contribution in [1.29, 1.82) is 0 Å². The number of nitrogens with one attached hydrogen (secondary N) is 1. The van der Waals surface area contributed by atoms with Crippen LogP contribution in [0.25, 0.3) is 0 Å². The van der Waals surface area contributed by atoms with Crippen LogP contribution in [0.2, 0.25) is 0 Å². The summed E-state index contributed by atoms with van der Waals surface area (Å²) in [5, 5.41) is 14.8. The van der Waals surface area contributed by atoms with E-state index in [1.54, 1.807) is 0 Å². The molecule has 1 unspecified atom stereocenters. The molecule has 4 N–H and O–H groups in total. The second-order valence-electron chi connectivity index (χ2n) is 4.08. The third kappa shape index (κ3) is 5.05. The van der Waals surface area contributed by atoms with Crippen LogP contribution in [-0.4, -0.2) is 60.2 Å². The van der Waals surface area contributed by atoms with Gasteiger partial charge >= 0.3 is 0 Å². The summed E-state index contributed by atoms with van der Waals surface area (Å²) >= 11 is 2.03. The molecule has 1 aliphatic heterocycles. The molecule has 6 heteroatoms. The van der Waals surface area contributed by atoms with Crippen LogP contribution < -0.4 is 11.1 Å². The van der Waals surface area contributed by atoms with E-state index in [0.717, 1.165) is 19.6 Å². The average Bonchev–Trinajstić information content (AvgIpc) is 2.34. The molecule has 0 saturated carbocycles. The lowest BCUT2D eigenvalue weighted by molar-refractivity contribution is 0.299. The lowest BCUT2D eigenvalue weighted by Crippen LogP contribution is -2.39. The van der Waals surface area contributed by atoms with E-state index in [-0.39, 0.29) is 5.92 Å². The molecule has 0 aromatic carbocycles. The van der Waals surface area contributed by atoms with Crippen molar-refractivity contribution in [2.24, 2.45) is 16.8 Å². The molecule has 1 rings (SSSR count). The first kappa shape index (κ1) is 13.6. The zero-order valence-corrected chi connectivity index (χ0v) is 10.7. The number of amidine groups is 1. The van der Waals surface area contributed by atoms with Crippen LogP contribution in [-0.2, 0) is 0 Å². The van der Waals surface area contributed by atoms with Gasteiger partial charge in [0.25, 0.3) is 0 Å². The second kappa shape index (κ2) is 7.76. The molecule has 1 heterocycles. The molecule has 1 aliphatic rings. The van der Waals surface area contributed by atoms with Gasteiger partial charge in [-0.25, -0.2) is 0 Å². The van der Waals surface area contributed by atoms with E-state index < -0.39 is 0 Å². The SMILES string of the molecule is CC(CNCCN1CCSCC1)C(N)=NO. The van der Waals surface area contributed by atoms with Crippen LogP contribution in [0.15, 0.2) is 5.16 Å². The van der Waals surface area contributed by atoms with Gasteiger partial charge in [0.2, 0.25) is 0 Å². The highest BCUT2D eigenvalue weighted by Gasteiger charge is 2.10. The Kier molecular flexibility index (Phi) is 6.59. The molecular weight excluding hydrogens is 224 g/mol. The van der Waals surface area contributed by atoms with Crippen molar-refractivity contribution in [2.75, 3.05) is 44.2 Å². The standard InChI is InChI=1S/C10H22N4OS/c1-9(10(11)13-15)8-12-2-3-14-4-6-16-7-5-14/h9,12,15H,2-8H2,1H3,(H2,11,13). The predicted molar refractivity (Wildman–Crippen MR) is 69.2 cm³/mol. The smallest absolute Gasteiger partial charge is 0.143 e. The largest absolute Gasteiger partial charge is 0.409 e. The molecule has 0 radical (unpaired) electrons. The fraction of sp³-hybridized carbons (Fsp3) is 0.900. The highest BCUT2D eigenvalue weighted by Crippen LogP contribution is 2.07. The summed E-state index contributed by atoms with van der Waals surface area (Å²) in [7, 11) is 0. The Morgan fingerprint density at radius 3 is 2.88 bits per heavy atom. The lowest BCUT2D eigenvalue weighted by Gasteiger charge is -2.26. The average molecular weight is 246 g/mol. The molecule has 1 saturated heterocycles. The van der Waals surface area contributed by atoms with Gasteiger partial charge < -0.3 is 21.2 Å². The molecule has 0 aliphatic carbocycles. The quantitative estimate of drug-likeness (QED) is 0.202. The normalized spacial score (nSPS) is 20.9.